The highest BCUT2D eigenvalue weighted by Gasteiger charge is 2.08. The van der Waals surface area contributed by atoms with Gasteiger partial charge < -0.3 is 19.6 Å². The molecular formula is C16H19FN2O4. The summed E-state index contributed by atoms with van der Waals surface area (Å²) in [4.78, 5) is 14.8. The first kappa shape index (κ1) is 16.8. The maximum Gasteiger partial charge on any atom is 0.404 e. The second-order valence-electron chi connectivity index (χ2n) is 5.06. The summed E-state index contributed by atoms with van der Waals surface area (Å²) in [5.74, 6) is 1.19. The van der Waals surface area contributed by atoms with Crippen molar-refractivity contribution in [3.05, 3.63) is 36.0 Å². The number of aryl methyl sites for hydroxylation is 1. The number of halogens is 1. The van der Waals surface area contributed by atoms with E-state index in [1.807, 2.05) is 0 Å². The molecule has 2 rings (SSSR count). The number of hydrogen-bond donors (Lipinski definition) is 2. The zero-order valence-electron chi connectivity index (χ0n) is 12.8. The molecule has 1 amide bonds. The summed E-state index contributed by atoms with van der Waals surface area (Å²) in [6.07, 6.45) is 1.99. The Labute approximate surface area is 133 Å². The minimum Gasteiger partial charge on any atom is -0.489 e. The van der Waals surface area contributed by atoms with Crippen LogP contribution >= 0.6 is 0 Å². The molecule has 2 N–H and O–H groups in total. The number of rotatable bonds is 8. The lowest BCUT2D eigenvalue weighted by molar-refractivity contribution is 0.195. The minimum absolute atomic E-state index is 0.0564. The van der Waals surface area contributed by atoms with Gasteiger partial charge in [-0.1, -0.05) is 13.3 Å². The van der Waals surface area contributed by atoms with E-state index in [0.717, 1.165) is 24.8 Å². The Morgan fingerprint density at radius 3 is 3.04 bits per heavy atom. The molecule has 1 heterocycles. The molecule has 0 saturated heterocycles. The fourth-order valence-electron chi connectivity index (χ4n) is 1.96. The minimum atomic E-state index is -1.22. The maximum absolute atomic E-state index is 12.7. The summed E-state index contributed by atoms with van der Waals surface area (Å²) in [7, 11) is 0. The number of fused-ring (bicyclic) bond motifs is 1. The van der Waals surface area contributed by atoms with Crippen LogP contribution in [0, 0.1) is 0 Å². The molecule has 124 valence electrons. The van der Waals surface area contributed by atoms with Crippen molar-refractivity contribution in [2.24, 2.45) is 0 Å². The average molecular weight is 322 g/mol. The number of nitrogens with one attached hydrogen (secondary N) is 1. The van der Waals surface area contributed by atoms with Crippen LogP contribution in [0.15, 0.2) is 34.5 Å². The molecule has 0 aliphatic heterocycles. The number of aromatic nitrogens is 1. The van der Waals surface area contributed by atoms with Crippen LogP contribution in [0.5, 0.6) is 5.75 Å². The number of carboxylic acid groups (broad SMARTS) is 1. The monoisotopic (exact) mass is 322 g/mol. The van der Waals surface area contributed by atoms with Crippen LogP contribution in [0.25, 0.3) is 11.1 Å². The third-order valence-electron chi connectivity index (χ3n) is 3.19. The summed E-state index contributed by atoms with van der Waals surface area (Å²) in [6, 6.07) is 5.19. The molecular weight excluding hydrogens is 303 g/mol. The van der Waals surface area contributed by atoms with E-state index >= 15 is 0 Å². The van der Waals surface area contributed by atoms with Gasteiger partial charge in [0.15, 0.2) is 11.5 Å². The Kier molecular flexibility index (Phi) is 5.96. The maximum atomic E-state index is 12.7. The van der Waals surface area contributed by atoms with Crippen molar-refractivity contribution in [3.63, 3.8) is 0 Å². The van der Waals surface area contributed by atoms with Crippen LogP contribution in [0.2, 0.25) is 0 Å². The van der Waals surface area contributed by atoms with Crippen LogP contribution in [0.3, 0.4) is 0 Å². The van der Waals surface area contributed by atoms with Gasteiger partial charge >= 0.3 is 6.09 Å². The lowest BCUT2D eigenvalue weighted by Gasteiger charge is -2.08. The van der Waals surface area contributed by atoms with E-state index in [2.05, 4.69) is 17.2 Å². The molecule has 0 atom stereocenters. The van der Waals surface area contributed by atoms with Crippen LogP contribution in [0.4, 0.5) is 9.18 Å². The van der Waals surface area contributed by atoms with E-state index < -0.39 is 6.09 Å². The third-order valence-corrected chi connectivity index (χ3v) is 3.19. The molecule has 7 heteroatoms. The van der Waals surface area contributed by atoms with Crippen LogP contribution in [-0.4, -0.2) is 29.3 Å². The second kappa shape index (κ2) is 8.17. The number of oxazole rings is 1. The van der Waals surface area contributed by atoms with Crippen LogP contribution < -0.4 is 10.1 Å². The fraction of sp³-hybridized carbons (Fsp3) is 0.375. The van der Waals surface area contributed by atoms with Crippen molar-refractivity contribution in [3.8, 4) is 5.75 Å². The van der Waals surface area contributed by atoms with Gasteiger partial charge in [0.2, 0.25) is 0 Å². The van der Waals surface area contributed by atoms with Gasteiger partial charge in [0.1, 0.15) is 17.9 Å². The number of unbranched alkanes of at least 4 members (excludes halogenated alkanes) is 1. The summed E-state index contributed by atoms with van der Waals surface area (Å²) in [5, 5.41) is 10.6. The van der Waals surface area contributed by atoms with Gasteiger partial charge in [0.25, 0.3) is 0 Å². The molecule has 1 aromatic carbocycles. The summed E-state index contributed by atoms with van der Waals surface area (Å²) >= 11 is 0. The molecule has 0 spiro atoms. The highest BCUT2D eigenvalue weighted by atomic mass is 19.1. The molecule has 0 fully saturated rings. The molecule has 2 aromatic rings. The third kappa shape index (κ3) is 4.98. The summed E-state index contributed by atoms with van der Waals surface area (Å²) < 4.78 is 23.8. The first-order valence-electron chi connectivity index (χ1n) is 7.39. The lowest BCUT2D eigenvalue weighted by Crippen LogP contribution is -2.25. The molecule has 0 radical (unpaired) electrons. The van der Waals surface area contributed by atoms with Crippen molar-refractivity contribution < 1.29 is 23.4 Å². The zero-order chi connectivity index (χ0) is 16.7. The average Bonchev–Trinajstić information content (AvgIpc) is 2.94. The van der Waals surface area contributed by atoms with Gasteiger partial charge in [-0.15, -0.1) is 0 Å². The number of hydrogen-bond acceptors (Lipinski definition) is 4. The SMILES string of the molecule is CCCCc1nc2ccc(OC/C(=C\F)CNC(=O)O)cc2o1. The smallest absolute Gasteiger partial charge is 0.404 e. The molecule has 23 heavy (non-hydrogen) atoms. The molecule has 0 bridgehead atoms. The molecule has 0 aliphatic rings. The van der Waals surface area contributed by atoms with Gasteiger partial charge in [-0.2, -0.15) is 0 Å². The first-order valence-corrected chi connectivity index (χ1v) is 7.39. The van der Waals surface area contributed by atoms with E-state index in [4.69, 9.17) is 14.3 Å². The lowest BCUT2D eigenvalue weighted by atomic mass is 10.2. The number of carbonyl (C=O) groups is 1. The predicted octanol–water partition coefficient (Wildman–Crippen LogP) is 3.67. The van der Waals surface area contributed by atoms with Crippen molar-refractivity contribution in [2.45, 2.75) is 26.2 Å². The van der Waals surface area contributed by atoms with Crippen molar-refractivity contribution in [1.29, 1.82) is 0 Å². The van der Waals surface area contributed by atoms with E-state index in [1.165, 1.54) is 0 Å². The van der Waals surface area contributed by atoms with Gasteiger partial charge in [-0.05, 0) is 18.6 Å². The van der Waals surface area contributed by atoms with Gasteiger partial charge in [0, 0.05) is 24.6 Å². The zero-order valence-corrected chi connectivity index (χ0v) is 12.8. The van der Waals surface area contributed by atoms with Crippen molar-refractivity contribution >= 4 is 17.2 Å². The Morgan fingerprint density at radius 1 is 1.52 bits per heavy atom. The van der Waals surface area contributed by atoms with E-state index in [1.54, 1.807) is 18.2 Å². The van der Waals surface area contributed by atoms with E-state index in [9.17, 15) is 9.18 Å². The molecule has 0 saturated carbocycles. The topological polar surface area (TPSA) is 84.6 Å². The largest absolute Gasteiger partial charge is 0.489 e. The normalized spacial score (nSPS) is 11.7. The Bertz CT molecular complexity index is 696. The number of amides is 1. The molecule has 0 unspecified atom stereocenters. The van der Waals surface area contributed by atoms with Gasteiger partial charge in [-0.25, -0.2) is 14.2 Å². The number of ether oxygens (including phenoxy) is 1. The van der Waals surface area contributed by atoms with Crippen LogP contribution in [0.1, 0.15) is 25.7 Å². The van der Waals surface area contributed by atoms with E-state index in [0.29, 0.717) is 23.6 Å². The van der Waals surface area contributed by atoms with E-state index in [-0.39, 0.29) is 18.7 Å². The Balaban J connectivity index is 1.98. The summed E-state index contributed by atoms with van der Waals surface area (Å²) in [6.45, 7) is 1.92. The standard InChI is InChI=1S/C16H19FN2O4/c1-2-3-4-15-19-13-6-5-12(7-14(13)23-15)22-10-11(8-17)9-18-16(20)21/h5-8,18H,2-4,9-10H2,1H3,(H,20,21)/b11-8-. The summed E-state index contributed by atoms with van der Waals surface area (Å²) in [5.41, 5.74) is 1.55. The fourth-order valence-corrected chi connectivity index (χ4v) is 1.96. The van der Waals surface area contributed by atoms with Crippen LogP contribution in [-0.2, 0) is 6.42 Å². The first-order chi connectivity index (χ1) is 11.1. The number of benzene rings is 1. The second-order valence-corrected chi connectivity index (χ2v) is 5.06. The Morgan fingerprint density at radius 2 is 2.35 bits per heavy atom. The van der Waals surface area contributed by atoms with Crippen molar-refractivity contribution in [2.75, 3.05) is 13.2 Å². The number of nitrogens with zero attached hydrogens (tertiary/aromatic N) is 1. The molecule has 6 nitrogen and oxygen atoms in total. The highest BCUT2D eigenvalue weighted by molar-refractivity contribution is 5.74. The Hall–Kier alpha value is -2.57. The van der Waals surface area contributed by atoms with Gasteiger partial charge in [0.05, 0.1) is 6.33 Å². The molecule has 1 aromatic heterocycles. The van der Waals surface area contributed by atoms with Gasteiger partial charge in [-0.3, -0.25) is 0 Å². The van der Waals surface area contributed by atoms with Crippen molar-refractivity contribution in [1.82, 2.24) is 10.3 Å². The molecule has 0 aliphatic carbocycles. The predicted molar refractivity (Wildman–Crippen MR) is 83.3 cm³/mol. The highest BCUT2D eigenvalue weighted by Crippen LogP contribution is 2.22. The quantitative estimate of drug-likeness (QED) is 0.774.